The molecule has 3 N–H and O–H groups in total. The fourth-order valence-electron chi connectivity index (χ4n) is 1.09. The van der Waals surface area contributed by atoms with Crippen molar-refractivity contribution >= 4 is 28.9 Å². The lowest BCUT2D eigenvalue weighted by Crippen LogP contribution is -2.36. The van der Waals surface area contributed by atoms with Gasteiger partial charge < -0.3 is 15.7 Å². The average Bonchev–Trinajstić information content (AvgIpc) is 2.27. The van der Waals surface area contributed by atoms with E-state index in [0.29, 0.717) is 22.2 Å². The smallest absolute Gasteiger partial charge is 0.166 e. The van der Waals surface area contributed by atoms with Gasteiger partial charge in [-0.25, -0.2) is 4.39 Å². The van der Waals surface area contributed by atoms with Crippen LogP contribution in [-0.4, -0.2) is 23.4 Å². The maximum absolute atomic E-state index is 13.3. The van der Waals surface area contributed by atoms with Crippen LogP contribution in [0.1, 0.15) is 5.56 Å². The molecule has 3 nitrogen and oxygen atoms in total. The van der Waals surface area contributed by atoms with Crippen molar-refractivity contribution < 1.29 is 9.50 Å². The quantitative estimate of drug-likeness (QED) is 0.719. The van der Waals surface area contributed by atoms with Crippen LogP contribution >= 0.6 is 23.8 Å². The molecule has 0 saturated carbocycles. The normalized spacial score (nSPS) is 9.94. The van der Waals surface area contributed by atoms with E-state index in [-0.39, 0.29) is 19.0 Å². The second kappa shape index (κ2) is 6.62. The van der Waals surface area contributed by atoms with Gasteiger partial charge in [-0.1, -0.05) is 11.6 Å². The van der Waals surface area contributed by atoms with Crippen LogP contribution in [0, 0.1) is 5.82 Å². The van der Waals surface area contributed by atoms with Gasteiger partial charge in [0.1, 0.15) is 5.82 Å². The van der Waals surface area contributed by atoms with E-state index in [2.05, 4.69) is 10.6 Å². The van der Waals surface area contributed by atoms with Crippen LogP contribution in [0.4, 0.5) is 4.39 Å². The first-order valence-corrected chi connectivity index (χ1v) is 5.48. The molecule has 1 aromatic rings. The van der Waals surface area contributed by atoms with Gasteiger partial charge >= 0.3 is 0 Å². The summed E-state index contributed by atoms with van der Waals surface area (Å²) in [5.41, 5.74) is 0.445. The molecule has 1 aromatic carbocycles. The number of aliphatic hydroxyl groups is 1. The lowest BCUT2D eigenvalue weighted by atomic mass is 10.2. The number of rotatable bonds is 4. The van der Waals surface area contributed by atoms with E-state index in [9.17, 15) is 4.39 Å². The molecule has 0 radical (unpaired) electrons. The molecule has 0 saturated heterocycles. The Morgan fingerprint density at radius 3 is 2.88 bits per heavy atom. The fourth-order valence-corrected chi connectivity index (χ4v) is 1.46. The Morgan fingerprint density at radius 2 is 2.19 bits per heavy atom. The highest BCUT2D eigenvalue weighted by atomic mass is 35.5. The Kier molecular flexibility index (Phi) is 5.45. The van der Waals surface area contributed by atoms with Crippen molar-refractivity contribution in [3.63, 3.8) is 0 Å². The zero-order chi connectivity index (χ0) is 12.0. The fraction of sp³-hybridized carbons (Fsp3) is 0.300. The molecule has 0 aliphatic heterocycles. The monoisotopic (exact) mass is 262 g/mol. The summed E-state index contributed by atoms with van der Waals surface area (Å²) >= 11 is 10.6. The molecule has 1 rings (SSSR count). The molecule has 0 fully saturated rings. The highest BCUT2D eigenvalue weighted by molar-refractivity contribution is 7.80. The first kappa shape index (κ1) is 13.2. The largest absolute Gasteiger partial charge is 0.395 e. The molecule has 0 unspecified atom stereocenters. The highest BCUT2D eigenvalue weighted by Crippen LogP contribution is 2.14. The number of benzene rings is 1. The predicted molar refractivity (Wildman–Crippen MR) is 65.9 cm³/mol. The Balaban J connectivity index is 2.47. The lowest BCUT2D eigenvalue weighted by molar-refractivity contribution is 0.300. The number of hydrogen-bond donors (Lipinski definition) is 3. The Hall–Kier alpha value is -0.910. The van der Waals surface area contributed by atoms with Crippen LogP contribution in [0.3, 0.4) is 0 Å². The molecule has 6 heteroatoms. The first-order chi connectivity index (χ1) is 7.63. The lowest BCUT2D eigenvalue weighted by Gasteiger charge is -2.10. The Morgan fingerprint density at radius 1 is 1.44 bits per heavy atom. The second-order valence-electron chi connectivity index (χ2n) is 3.07. The van der Waals surface area contributed by atoms with Crippen molar-refractivity contribution in [1.29, 1.82) is 0 Å². The number of aliphatic hydroxyl groups excluding tert-OH is 1. The van der Waals surface area contributed by atoms with E-state index in [4.69, 9.17) is 28.9 Å². The summed E-state index contributed by atoms with van der Waals surface area (Å²) in [6.07, 6.45) is 0. The molecular formula is C10H12ClFN2OS. The molecular weight excluding hydrogens is 251 g/mol. The molecule has 0 spiro atoms. The number of thiocarbonyl (C=S) groups is 1. The molecule has 0 atom stereocenters. The van der Waals surface area contributed by atoms with Gasteiger partial charge in [-0.3, -0.25) is 0 Å². The predicted octanol–water partition coefficient (Wildman–Crippen LogP) is 1.44. The number of hydrogen-bond acceptors (Lipinski definition) is 2. The molecule has 0 aromatic heterocycles. The summed E-state index contributed by atoms with van der Waals surface area (Å²) in [5.74, 6) is -0.332. The highest BCUT2D eigenvalue weighted by Gasteiger charge is 2.03. The SMILES string of the molecule is OCCNC(=S)NCc1cc(Cl)ccc1F. The zero-order valence-electron chi connectivity index (χ0n) is 8.46. The van der Waals surface area contributed by atoms with Crippen LogP contribution in [0.15, 0.2) is 18.2 Å². The van der Waals surface area contributed by atoms with Gasteiger partial charge in [-0.05, 0) is 30.4 Å². The van der Waals surface area contributed by atoms with Gasteiger partial charge in [0, 0.05) is 23.7 Å². The van der Waals surface area contributed by atoms with Gasteiger partial charge in [0.15, 0.2) is 5.11 Å². The van der Waals surface area contributed by atoms with Crippen molar-refractivity contribution in [2.24, 2.45) is 0 Å². The molecule has 0 bridgehead atoms. The van der Waals surface area contributed by atoms with E-state index in [1.54, 1.807) is 6.07 Å². The van der Waals surface area contributed by atoms with Crippen molar-refractivity contribution in [1.82, 2.24) is 10.6 Å². The van der Waals surface area contributed by atoms with E-state index in [1.807, 2.05) is 0 Å². The van der Waals surface area contributed by atoms with Gasteiger partial charge in [0.2, 0.25) is 0 Å². The van der Waals surface area contributed by atoms with Gasteiger partial charge in [-0.2, -0.15) is 0 Å². The summed E-state index contributed by atoms with van der Waals surface area (Å²) in [6, 6.07) is 4.34. The minimum atomic E-state index is -0.332. The average molecular weight is 263 g/mol. The standard InChI is InChI=1S/C10H12ClFN2OS/c11-8-1-2-9(12)7(5-8)6-14-10(16)13-3-4-15/h1-2,5,15H,3-4,6H2,(H2,13,14,16). The topological polar surface area (TPSA) is 44.3 Å². The van der Waals surface area contributed by atoms with E-state index >= 15 is 0 Å². The maximum atomic E-state index is 13.3. The second-order valence-corrected chi connectivity index (χ2v) is 3.91. The van der Waals surface area contributed by atoms with E-state index in [0.717, 1.165) is 0 Å². The number of halogens is 2. The molecule has 0 amide bonds. The van der Waals surface area contributed by atoms with Crippen LogP contribution in [-0.2, 0) is 6.54 Å². The molecule has 16 heavy (non-hydrogen) atoms. The molecule has 0 heterocycles. The first-order valence-electron chi connectivity index (χ1n) is 4.70. The molecule has 0 aliphatic carbocycles. The van der Waals surface area contributed by atoms with E-state index < -0.39 is 0 Å². The number of nitrogens with one attached hydrogen (secondary N) is 2. The van der Waals surface area contributed by atoms with Crippen molar-refractivity contribution in [2.45, 2.75) is 6.54 Å². The van der Waals surface area contributed by atoms with Crippen molar-refractivity contribution in [3.8, 4) is 0 Å². The zero-order valence-corrected chi connectivity index (χ0v) is 10.0. The summed E-state index contributed by atoms with van der Waals surface area (Å²) in [6.45, 7) is 0.612. The Labute approximate surface area is 104 Å². The van der Waals surface area contributed by atoms with E-state index in [1.165, 1.54) is 12.1 Å². The minimum Gasteiger partial charge on any atom is -0.395 e. The van der Waals surface area contributed by atoms with Crippen LogP contribution < -0.4 is 10.6 Å². The summed E-state index contributed by atoms with van der Waals surface area (Å²) < 4.78 is 13.3. The third kappa shape index (κ3) is 4.30. The Bertz CT molecular complexity index is 376. The third-order valence-electron chi connectivity index (χ3n) is 1.84. The van der Waals surface area contributed by atoms with Crippen LogP contribution in [0.2, 0.25) is 5.02 Å². The van der Waals surface area contributed by atoms with Crippen molar-refractivity contribution in [3.05, 3.63) is 34.6 Å². The molecule has 88 valence electrons. The molecule has 0 aliphatic rings. The summed E-state index contributed by atoms with van der Waals surface area (Å²) in [5, 5.41) is 15.0. The summed E-state index contributed by atoms with van der Waals surface area (Å²) in [7, 11) is 0. The van der Waals surface area contributed by atoms with Crippen molar-refractivity contribution in [2.75, 3.05) is 13.2 Å². The van der Waals surface area contributed by atoms with Gasteiger partial charge in [0.05, 0.1) is 6.61 Å². The summed E-state index contributed by atoms with van der Waals surface area (Å²) in [4.78, 5) is 0. The maximum Gasteiger partial charge on any atom is 0.166 e. The third-order valence-corrected chi connectivity index (χ3v) is 2.37. The van der Waals surface area contributed by atoms with Crippen LogP contribution in [0.5, 0.6) is 0 Å². The van der Waals surface area contributed by atoms with Gasteiger partial charge in [-0.15, -0.1) is 0 Å². The van der Waals surface area contributed by atoms with Crippen LogP contribution in [0.25, 0.3) is 0 Å². The minimum absolute atomic E-state index is 0.00660. The van der Waals surface area contributed by atoms with Gasteiger partial charge in [0.25, 0.3) is 0 Å².